The maximum absolute atomic E-state index is 11.4. The van der Waals surface area contributed by atoms with Crippen LogP contribution in [-0.4, -0.2) is 50.6 Å². The van der Waals surface area contributed by atoms with Crippen molar-refractivity contribution in [3.8, 4) is 0 Å². The summed E-state index contributed by atoms with van der Waals surface area (Å²) in [6.07, 6.45) is -1.51. The molecule has 0 saturated heterocycles. The number of nitrogens with one attached hydrogen (secondary N) is 2. The van der Waals surface area contributed by atoms with Crippen molar-refractivity contribution in [3.05, 3.63) is 0 Å². The minimum atomic E-state index is -1.05. The molecule has 0 aromatic carbocycles. The van der Waals surface area contributed by atoms with E-state index in [4.69, 9.17) is 4.74 Å². The molecule has 1 atom stereocenters. The summed E-state index contributed by atoms with van der Waals surface area (Å²) >= 11 is 0. The number of methoxy groups -OCH3 is 2. The Morgan fingerprint density at radius 2 is 1.63 bits per heavy atom. The van der Waals surface area contributed by atoms with E-state index in [9.17, 15) is 14.4 Å². The van der Waals surface area contributed by atoms with Gasteiger partial charge in [-0.1, -0.05) is 0 Å². The molecule has 2 amide bonds. The number of rotatable bonds is 4. The summed E-state index contributed by atoms with van der Waals surface area (Å²) in [4.78, 5) is 33.8. The van der Waals surface area contributed by atoms with Gasteiger partial charge in [0.1, 0.15) is 11.6 Å². The van der Waals surface area contributed by atoms with Crippen molar-refractivity contribution in [2.75, 3.05) is 20.8 Å². The van der Waals surface area contributed by atoms with E-state index >= 15 is 0 Å². The molecule has 0 aliphatic carbocycles. The van der Waals surface area contributed by atoms with E-state index in [1.807, 2.05) is 0 Å². The number of ether oxygens (including phenoxy) is 3. The Morgan fingerprint density at radius 1 is 1.05 bits per heavy atom. The van der Waals surface area contributed by atoms with Gasteiger partial charge in [-0.3, -0.25) is 0 Å². The maximum Gasteiger partial charge on any atom is 0.407 e. The van der Waals surface area contributed by atoms with Crippen LogP contribution in [0.2, 0.25) is 0 Å². The van der Waals surface area contributed by atoms with Gasteiger partial charge in [0.15, 0.2) is 0 Å². The Balaban J connectivity index is 4.38. The van der Waals surface area contributed by atoms with Crippen molar-refractivity contribution < 1.29 is 28.6 Å². The third-order valence-electron chi connectivity index (χ3n) is 1.81. The molecule has 0 fully saturated rings. The molecule has 0 saturated carbocycles. The van der Waals surface area contributed by atoms with E-state index in [0.717, 1.165) is 7.11 Å². The molecule has 0 aromatic rings. The van der Waals surface area contributed by atoms with E-state index in [2.05, 4.69) is 20.1 Å². The fraction of sp³-hybridized carbons (Fsp3) is 0.727. The second kappa shape index (κ2) is 7.45. The van der Waals surface area contributed by atoms with E-state index in [-0.39, 0.29) is 6.54 Å². The van der Waals surface area contributed by atoms with Crippen LogP contribution >= 0.6 is 0 Å². The van der Waals surface area contributed by atoms with Gasteiger partial charge < -0.3 is 24.8 Å². The lowest BCUT2D eigenvalue weighted by Crippen LogP contribution is -2.49. The lowest BCUT2D eigenvalue weighted by Gasteiger charge is -2.21. The van der Waals surface area contributed by atoms with Gasteiger partial charge in [-0.15, -0.1) is 0 Å². The Bertz CT molecular complexity index is 337. The van der Waals surface area contributed by atoms with Crippen molar-refractivity contribution in [3.63, 3.8) is 0 Å². The molecule has 0 aliphatic rings. The molecule has 8 nitrogen and oxygen atoms in total. The summed E-state index contributed by atoms with van der Waals surface area (Å²) in [5.41, 5.74) is -0.652. The van der Waals surface area contributed by atoms with E-state index < -0.39 is 29.8 Å². The van der Waals surface area contributed by atoms with Crippen LogP contribution in [-0.2, 0) is 19.0 Å². The predicted molar refractivity (Wildman–Crippen MR) is 65.6 cm³/mol. The Kier molecular flexibility index (Phi) is 6.67. The fourth-order valence-electron chi connectivity index (χ4n) is 1.04. The fourth-order valence-corrected chi connectivity index (χ4v) is 1.04. The minimum absolute atomic E-state index is 0.170. The van der Waals surface area contributed by atoms with E-state index in [1.165, 1.54) is 7.11 Å². The van der Waals surface area contributed by atoms with Gasteiger partial charge in [-0.25, -0.2) is 14.4 Å². The van der Waals surface area contributed by atoms with Crippen LogP contribution in [0.3, 0.4) is 0 Å². The smallest absolute Gasteiger partial charge is 0.407 e. The van der Waals surface area contributed by atoms with E-state index in [0.29, 0.717) is 0 Å². The van der Waals surface area contributed by atoms with Crippen molar-refractivity contribution in [1.29, 1.82) is 0 Å². The quantitative estimate of drug-likeness (QED) is 0.569. The van der Waals surface area contributed by atoms with Gasteiger partial charge in [0, 0.05) is 0 Å². The normalized spacial score (nSPS) is 12.1. The summed E-state index contributed by atoms with van der Waals surface area (Å²) in [5, 5.41) is 4.58. The maximum atomic E-state index is 11.4. The number of hydrogen-bond acceptors (Lipinski definition) is 6. The van der Waals surface area contributed by atoms with Gasteiger partial charge in [0.2, 0.25) is 0 Å². The highest BCUT2D eigenvalue weighted by molar-refractivity contribution is 5.82. The molecule has 0 heterocycles. The Morgan fingerprint density at radius 3 is 2.05 bits per heavy atom. The second-order valence-electron chi connectivity index (χ2n) is 4.59. The molecule has 0 radical (unpaired) electrons. The molecule has 0 bridgehead atoms. The Labute approximate surface area is 111 Å². The average molecular weight is 276 g/mol. The zero-order valence-corrected chi connectivity index (χ0v) is 11.7. The first-order chi connectivity index (χ1) is 8.69. The second-order valence-corrected chi connectivity index (χ2v) is 4.59. The molecular weight excluding hydrogens is 256 g/mol. The Hall–Kier alpha value is -1.99. The molecule has 2 N–H and O–H groups in total. The van der Waals surface area contributed by atoms with Crippen LogP contribution in [0.25, 0.3) is 0 Å². The number of esters is 1. The van der Waals surface area contributed by atoms with Crippen LogP contribution in [0.5, 0.6) is 0 Å². The summed E-state index contributed by atoms with van der Waals surface area (Å²) in [5.74, 6) is -0.707. The lowest BCUT2D eigenvalue weighted by atomic mass is 10.2. The van der Waals surface area contributed by atoms with Crippen LogP contribution in [0.1, 0.15) is 20.8 Å². The van der Waals surface area contributed by atoms with Gasteiger partial charge in [0.05, 0.1) is 20.8 Å². The zero-order valence-electron chi connectivity index (χ0n) is 11.7. The highest BCUT2D eigenvalue weighted by atomic mass is 16.6. The lowest BCUT2D eigenvalue weighted by molar-refractivity contribution is -0.142. The monoisotopic (exact) mass is 276 g/mol. The molecule has 0 spiro atoms. The molecule has 8 heteroatoms. The van der Waals surface area contributed by atoms with Crippen molar-refractivity contribution >= 4 is 18.2 Å². The van der Waals surface area contributed by atoms with Crippen molar-refractivity contribution in [2.24, 2.45) is 0 Å². The van der Waals surface area contributed by atoms with Crippen molar-refractivity contribution in [2.45, 2.75) is 32.4 Å². The van der Waals surface area contributed by atoms with Gasteiger partial charge in [-0.2, -0.15) is 0 Å². The standard InChI is InChI=1S/C11H20N2O6/c1-11(2,3)19-9(15)12-6-7(8(14)17-4)13-10(16)18-5/h7H,6H2,1-5H3,(H,12,15)(H,13,16)/t7-/m1/s1. The molecule has 0 aromatic heterocycles. The predicted octanol–water partition coefficient (Wildman–Crippen LogP) is 0.409. The first kappa shape index (κ1) is 17.0. The average Bonchev–Trinajstić information content (AvgIpc) is 2.30. The number of carbonyl (C=O) groups excluding carboxylic acids is 3. The molecule has 0 rings (SSSR count). The van der Waals surface area contributed by atoms with Gasteiger partial charge in [-0.05, 0) is 20.8 Å². The van der Waals surface area contributed by atoms with E-state index in [1.54, 1.807) is 20.8 Å². The largest absolute Gasteiger partial charge is 0.467 e. The summed E-state index contributed by atoms with van der Waals surface area (Å²) in [7, 11) is 2.33. The third kappa shape index (κ3) is 7.85. The third-order valence-corrected chi connectivity index (χ3v) is 1.81. The zero-order chi connectivity index (χ0) is 15.1. The minimum Gasteiger partial charge on any atom is -0.467 e. The molecule has 110 valence electrons. The topological polar surface area (TPSA) is 103 Å². The molecule has 0 unspecified atom stereocenters. The van der Waals surface area contributed by atoms with Crippen molar-refractivity contribution in [1.82, 2.24) is 10.6 Å². The summed E-state index contributed by atoms with van der Waals surface area (Å²) in [6, 6.07) is -1.05. The van der Waals surface area contributed by atoms with Crippen LogP contribution < -0.4 is 10.6 Å². The van der Waals surface area contributed by atoms with Crippen LogP contribution in [0.4, 0.5) is 9.59 Å². The van der Waals surface area contributed by atoms with Crippen LogP contribution in [0, 0.1) is 0 Å². The number of alkyl carbamates (subject to hydrolysis) is 2. The highest BCUT2D eigenvalue weighted by Crippen LogP contribution is 2.06. The first-order valence-electron chi connectivity index (χ1n) is 5.58. The molecular formula is C11H20N2O6. The number of amides is 2. The highest BCUT2D eigenvalue weighted by Gasteiger charge is 2.24. The molecule has 0 aliphatic heterocycles. The van der Waals surface area contributed by atoms with Crippen LogP contribution in [0.15, 0.2) is 0 Å². The number of hydrogen-bond donors (Lipinski definition) is 2. The summed E-state index contributed by atoms with van der Waals surface area (Å²) in [6.45, 7) is 4.95. The first-order valence-corrected chi connectivity index (χ1v) is 5.58. The SMILES string of the molecule is COC(=O)N[C@H](CNC(=O)OC(C)(C)C)C(=O)OC. The summed E-state index contributed by atoms with van der Waals surface area (Å²) < 4.78 is 13.8. The number of carbonyl (C=O) groups is 3. The van der Waals surface area contributed by atoms with Gasteiger partial charge in [0.25, 0.3) is 0 Å². The van der Waals surface area contributed by atoms with Gasteiger partial charge >= 0.3 is 18.2 Å². The molecule has 19 heavy (non-hydrogen) atoms.